The Morgan fingerprint density at radius 3 is 2.80 bits per heavy atom. The predicted octanol–water partition coefficient (Wildman–Crippen LogP) is 1.49. The van der Waals surface area contributed by atoms with Crippen molar-refractivity contribution in [2.24, 2.45) is 5.73 Å². The molecule has 3 N–H and O–H groups in total. The molecule has 1 aliphatic carbocycles. The van der Waals surface area contributed by atoms with E-state index >= 15 is 4.39 Å². The van der Waals surface area contributed by atoms with Gasteiger partial charge in [0.15, 0.2) is 0 Å². The molecule has 0 radical (unpaired) electrons. The molecule has 6 nitrogen and oxygen atoms in total. The second-order valence-corrected chi connectivity index (χ2v) is 7.32. The monoisotopic (exact) mass is 342 g/mol. The Balaban J connectivity index is 1.91. The van der Waals surface area contributed by atoms with E-state index in [-0.39, 0.29) is 23.5 Å². The molecule has 1 saturated carbocycles. The molecule has 2 aromatic rings. The molecule has 3 heterocycles. The number of fused-ring (bicyclic) bond motifs is 5. The predicted molar refractivity (Wildman–Crippen MR) is 94.4 cm³/mol. The largest absolute Gasteiger partial charge is 0.364 e. The lowest BCUT2D eigenvalue weighted by molar-refractivity contribution is 0.606. The number of aromatic nitrogens is 2. The third-order valence-electron chi connectivity index (χ3n) is 5.53. The van der Waals surface area contributed by atoms with Gasteiger partial charge in [-0.2, -0.15) is 0 Å². The Morgan fingerprint density at radius 1 is 1.24 bits per heavy atom. The maximum absolute atomic E-state index is 15.0. The minimum atomic E-state index is -0.536. The summed E-state index contributed by atoms with van der Waals surface area (Å²) in [5.74, 6) is -0.431. The van der Waals surface area contributed by atoms with Crippen LogP contribution in [0, 0.1) is 5.82 Å². The van der Waals surface area contributed by atoms with Crippen molar-refractivity contribution in [2.45, 2.75) is 43.8 Å². The third kappa shape index (κ3) is 2.12. The molecule has 0 amide bonds. The van der Waals surface area contributed by atoms with E-state index < -0.39 is 17.1 Å². The average molecular weight is 342 g/mol. The maximum atomic E-state index is 15.0. The number of rotatable bonds is 1. The molecule has 25 heavy (non-hydrogen) atoms. The van der Waals surface area contributed by atoms with Gasteiger partial charge in [0.25, 0.3) is 5.56 Å². The second kappa shape index (κ2) is 5.05. The fourth-order valence-electron chi connectivity index (χ4n) is 4.33. The maximum Gasteiger partial charge on any atom is 0.329 e. The molecule has 2 atom stereocenters. The zero-order valence-corrected chi connectivity index (χ0v) is 13.7. The first-order valence-corrected chi connectivity index (χ1v) is 8.74. The first-order valence-electron chi connectivity index (χ1n) is 8.74. The molecule has 3 aliphatic rings. The van der Waals surface area contributed by atoms with Gasteiger partial charge < -0.3 is 10.6 Å². The number of hydrogen-bond donors (Lipinski definition) is 2. The lowest BCUT2D eigenvalue weighted by Gasteiger charge is -2.27. The van der Waals surface area contributed by atoms with Crippen molar-refractivity contribution in [3.63, 3.8) is 0 Å². The summed E-state index contributed by atoms with van der Waals surface area (Å²) >= 11 is 0. The second-order valence-electron chi connectivity index (χ2n) is 7.32. The van der Waals surface area contributed by atoms with E-state index in [1.54, 1.807) is 4.57 Å². The van der Waals surface area contributed by atoms with Crippen LogP contribution in [0.1, 0.15) is 37.3 Å². The van der Waals surface area contributed by atoms with Crippen molar-refractivity contribution in [1.29, 1.82) is 0 Å². The summed E-state index contributed by atoms with van der Waals surface area (Å²) in [5, 5.41) is 0.231. The molecular weight excluding hydrogens is 323 g/mol. The standard InChI is InChI=1S/C18H19FN4O2/c19-14-7-13-15(23(10-4-5-10)18(25)21-17(13)24)12-3-1-2-11-6-9(20)8-22(11)16(12)14/h1,3,7,9-11H,2,4-6,8,20H2,(H,21,24,25)/t9-,11+/m0/s1. The van der Waals surface area contributed by atoms with E-state index in [9.17, 15) is 9.59 Å². The number of nitrogens with one attached hydrogen (secondary N) is 1. The highest BCUT2D eigenvalue weighted by Gasteiger charge is 2.36. The summed E-state index contributed by atoms with van der Waals surface area (Å²) in [6, 6.07) is 1.51. The fraction of sp³-hybridized carbons (Fsp3) is 0.444. The molecule has 1 aromatic heterocycles. The topological polar surface area (TPSA) is 84.1 Å². The highest BCUT2D eigenvalue weighted by Crippen LogP contribution is 2.42. The van der Waals surface area contributed by atoms with E-state index in [1.165, 1.54) is 6.07 Å². The first-order chi connectivity index (χ1) is 12.0. The Kier molecular flexibility index (Phi) is 3.01. The number of nitrogens with zero attached hydrogens (tertiary/aromatic N) is 2. The molecule has 1 saturated heterocycles. The highest BCUT2D eigenvalue weighted by molar-refractivity contribution is 5.94. The van der Waals surface area contributed by atoms with Gasteiger partial charge in [0.05, 0.1) is 16.6 Å². The summed E-state index contributed by atoms with van der Waals surface area (Å²) in [7, 11) is 0. The summed E-state index contributed by atoms with van der Waals surface area (Å²) in [5.41, 5.74) is 6.80. The van der Waals surface area contributed by atoms with Crippen molar-refractivity contribution in [3.8, 4) is 0 Å². The van der Waals surface area contributed by atoms with Crippen LogP contribution in [0.5, 0.6) is 0 Å². The summed E-state index contributed by atoms with van der Waals surface area (Å²) in [4.78, 5) is 29.1. The third-order valence-corrected chi connectivity index (χ3v) is 5.53. The summed E-state index contributed by atoms with van der Waals surface area (Å²) in [6.07, 6.45) is 7.25. The number of benzene rings is 1. The van der Waals surface area contributed by atoms with E-state index in [2.05, 4.69) is 4.98 Å². The van der Waals surface area contributed by atoms with Crippen molar-refractivity contribution in [1.82, 2.24) is 9.55 Å². The van der Waals surface area contributed by atoms with Crippen LogP contribution in [0.15, 0.2) is 21.7 Å². The van der Waals surface area contributed by atoms with Gasteiger partial charge in [0, 0.05) is 30.2 Å². The number of anilines is 1. The molecule has 0 spiro atoms. The Morgan fingerprint density at radius 2 is 2.04 bits per heavy atom. The van der Waals surface area contributed by atoms with Gasteiger partial charge in [-0.3, -0.25) is 14.3 Å². The molecule has 130 valence electrons. The molecule has 2 aliphatic heterocycles. The van der Waals surface area contributed by atoms with Crippen LogP contribution in [0.3, 0.4) is 0 Å². The van der Waals surface area contributed by atoms with E-state index in [0.29, 0.717) is 23.3 Å². The van der Waals surface area contributed by atoms with Crippen LogP contribution in [-0.4, -0.2) is 28.2 Å². The fourth-order valence-corrected chi connectivity index (χ4v) is 4.33. The molecular formula is C18H19FN4O2. The van der Waals surface area contributed by atoms with Gasteiger partial charge in [-0.1, -0.05) is 12.2 Å². The van der Waals surface area contributed by atoms with Gasteiger partial charge in [0.2, 0.25) is 0 Å². The lowest BCUT2D eigenvalue weighted by atomic mass is 10.1. The normalized spacial score (nSPS) is 25.1. The summed E-state index contributed by atoms with van der Waals surface area (Å²) < 4.78 is 16.7. The number of aromatic amines is 1. The van der Waals surface area contributed by atoms with Gasteiger partial charge in [-0.05, 0) is 31.7 Å². The zero-order valence-electron chi connectivity index (χ0n) is 13.7. The first kappa shape index (κ1) is 14.9. The van der Waals surface area contributed by atoms with Gasteiger partial charge >= 0.3 is 5.69 Å². The minimum Gasteiger partial charge on any atom is -0.364 e. The van der Waals surface area contributed by atoms with Crippen LogP contribution in [0.4, 0.5) is 10.1 Å². The average Bonchev–Trinajstić information content (AvgIpc) is 3.34. The molecule has 5 rings (SSSR count). The van der Waals surface area contributed by atoms with Crippen LogP contribution in [0.25, 0.3) is 17.0 Å². The number of nitrogens with two attached hydrogens (primary N) is 1. The van der Waals surface area contributed by atoms with Crippen molar-refractivity contribution >= 4 is 22.7 Å². The van der Waals surface area contributed by atoms with E-state index in [0.717, 1.165) is 25.7 Å². The van der Waals surface area contributed by atoms with Crippen LogP contribution >= 0.6 is 0 Å². The molecule has 0 unspecified atom stereocenters. The molecule has 7 heteroatoms. The molecule has 1 aromatic carbocycles. The van der Waals surface area contributed by atoms with Gasteiger partial charge in [-0.15, -0.1) is 0 Å². The Hall–Kier alpha value is -2.41. The Bertz CT molecular complexity index is 1030. The number of H-pyrrole nitrogens is 1. The van der Waals surface area contributed by atoms with Crippen LogP contribution < -0.4 is 21.9 Å². The van der Waals surface area contributed by atoms with Crippen LogP contribution in [-0.2, 0) is 0 Å². The SMILES string of the molecule is N[C@H]1C[C@H]2CC=Cc3c(c(F)cc4c(=O)[nH]c(=O)n(C5CC5)c34)N2C1. The minimum absolute atomic E-state index is 0.00393. The smallest absolute Gasteiger partial charge is 0.329 e. The number of hydrogen-bond acceptors (Lipinski definition) is 4. The quantitative estimate of drug-likeness (QED) is 0.822. The molecule has 2 fully saturated rings. The van der Waals surface area contributed by atoms with Crippen molar-refractivity contribution in [2.75, 3.05) is 11.4 Å². The zero-order chi connectivity index (χ0) is 17.3. The summed E-state index contributed by atoms with van der Waals surface area (Å²) in [6.45, 7) is 0.582. The van der Waals surface area contributed by atoms with E-state index in [1.807, 2.05) is 17.1 Å². The van der Waals surface area contributed by atoms with Crippen molar-refractivity contribution < 1.29 is 4.39 Å². The molecule has 0 bridgehead atoms. The van der Waals surface area contributed by atoms with Gasteiger partial charge in [0.1, 0.15) is 5.82 Å². The highest BCUT2D eigenvalue weighted by atomic mass is 19.1. The van der Waals surface area contributed by atoms with Gasteiger partial charge in [-0.25, -0.2) is 9.18 Å². The lowest BCUT2D eigenvalue weighted by Crippen LogP contribution is -2.33. The van der Waals surface area contributed by atoms with Crippen LogP contribution in [0.2, 0.25) is 0 Å². The Labute approximate surface area is 142 Å². The van der Waals surface area contributed by atoms with E-state index in [4.69, 9.17) is 5.73 Å². The number of halogens is 1. The van der Waals surface area contributed by atoms with Crippen molar-refractivity contribution in [3.05, 3.63) is 44.4 Å².